The van der Waals surface area contributed by atoms with Crippen molar-refractivity contribution in [1.82, 2.24) is 4.98 Å². The Labute approximate surface area is 218 Å². The molecule has 5 rings (SSSR count). The largest absolute Gasteiger partial charge is 0.478 e. The summed E-state index contributed by atoms with van der Waals surface area (Å²) >= 11 is 0. The van der Waals surface area contributed by atoms with Gasteiger partial charge in [-0.2, -0.15) is 0 Å². The number of sulfonamides is 1. The lowest BCUT2D eigenvalue weighted by Gasteiger charge is -2.36. The van der Waals surface area contributed by atoms with Crippen molar-refractivity contribution in [3.8, 4) is 0 Å². The minimum atomic E-state index is -3.96. The maximum Gasteiger partial charge on any atom is 0.335 e. The average Bonchev–Trinajstić information content (AvgIpc) is 2.93. The number of benzene rings is 2. The molecule has 2 heterocycles. The van der Waals surface area contributed by atoms with Crippen LogP contribution in [0.2, 0.25) is 0 Å². The Morgan fingerprint density at radius 2 is 1.70 bits per heavy atom. The highest BCUT2D eigenvalue weighted by atomic mass is 32.2. The third kappa shape index (κ3) is 5.11. The summed E-state index contributed by atoms with van der Waals surface area (Å²) in [5, 5.41) is 9.26. The van der Waals surface area contributed by atoms with Gasteiger partial charge < -0.3 is 10.0 Å². The van der Waals surface area contributed by atoms with E-state index in [4.69, 9.17) is 0 Å². The van der Waals surface area contributed by atoms with Crippen molar-refractivity contribution >= 4 is 27.5 Å². The van der Waals surface area contributed by atoms with Gasteiger partial charge in [0.25, 0.3) is 10.0 Å². The molecular formula is C29H31N3O4S. The topological polar surface area (TPSA) is 90.8 Å². The van der Waals surface area contributed by atoms with E-state index < -0.39 is 16.0 Å². The van der Waals surface area contributed by atoms with Gasteiger partial charge in [0.1, 0.15) is 5.82 Å². The summed E-state index contributed by atoms with van der Waals surface area (Å²) in [6.07, 6.45) is 9.31. The van der Waals surface area contributed by atoms with Gasteiger partial charge in [0.2, 0.25) is 0 Å². The zero-order chi connectivity index (χ0) is 26.0. The van der Waals surface area contributed by atoms with E-state index in [0.29, 0.717) is 12.4 Å². The second-order valence-corrected chi connectivity index (χ2v) is 11.6. The highest BCUT2D eigenvalue weighted by Crippen LogP contribution is 2.33. The number of nitrogens with zero attached hydrogens (tertiary/aromatic N) is 3. The van der Waals surface area contributed by atoms with E-state index in [9.17, 15) is 18.3 Å². The van der Waals surface area contributed by atoms with Gasteiger partial charge in [0.15, 0.2) is 0 Å². The molecule has 0 bridgehead atoms. The van der Waals surface area contributed by atoms with Gasteiger partial charge in [0.05, 0.1) is 10.5 Å². The summed E-state index contributed by atoms with van der Waals surface area (Å²) in [4.78, 5) is 18.4. The summed E-state index contributed by atoms with van der Waals surface area (Å²) in [5.74, 6) is -0.460. The number of allylic oxidation sites excluding steroid dienone is 2. The van der Waals surface area contributed by atoms with Crippen LogP contribution < -0.4 is 9.21 Å². The Hall–Kier alpha value is -3.65. The molecule has 3 aromatic rings. The van der Waals surface area contributed by atoms with Crippen molar-refractivity contribution in [2.75, 3.05) is 28.8 Å². The van der Waals surface area contributed by atoms with Gasteiger partial charge >= 0.3 is 5.97 Å². The Balaban J connectivity index is 1.46. The monoisotopic (exact) mass is 517 g/mol. The van der Waals surface area contributed by atoms with Gasteiger partial charge in [-0.25, -0.2) is 22.5 Å². The first-order chi connectivity index (χ1) is 17.8. The molecule has 7 nitrogen and oxygen atoms in total. The number of carboxylic acids is 1. The first-order valence-corrected chi connectivity index (χ1v) is 14.1. The summed E-state index contributed by atoms with van der Waals surface area (Å²) in [6.45, 7) is 4.00. The molecule has 8 heteroatoms. The lowest BCUT2D eigenvalue weighted by atomic mass is 9.94. The van der Waals surface area contributed by atoms with Gasteiger partial charge in [-0.15, -0.1) is 0 Å². The van der Waals surface area contributed by atoms with Crippen LogP contribution in [0.25, 0.3) is 0 Å². The van der Waals surface area contributed by atoms with Crippen LogP contribution in [0.1, 0.15) is 39.9 Å². The summed E-state index contributed by atoms with van der Waals surface area (Å²) < 4.78 is 29.5. The van der Waals surface area contributed by atoms with Crippen LogP contribution in [0.5, 0.6) is 0 Å². The second kappa shape index (κ2) is 10.4. The van der Waals surface area contributed by atoms with Crippen molar-refractivity contribution in [2.45, 2.75) is 37.5 Å². The third-order valence-electron chi connectivity index (χ3n) is 7.43. The maximum atomic E-state index is 14.0. The molecule has 37 heavy (non-hydrogen) atoms. The molecule has 1 fully saturated rings. The van der Waals surface area contributed by atoms with E-state index in [-0.39, 0.29) is 16.4 Å². The van der Waals surface area contributed by atoms with E-state index in [2.05, 4.69) is 34.2 Å². The Morgan fingerprint density at radius 1 is 1.03 bits per heavy atom. The van der Waals surface area contributed by atoms with Crippen LogP contribution in [0.4, 0.5) is 11.5 Å². The number of piperidine rings is 1. The smallest absolute Gasteiger partial charge is 0.335 e. The number of fused-ring (bicyclic) bond motifs is 1. The highest BCUT2D eigenvalue weighted by molar-refractivity contribution is 7.92. The minimum Gasteiger partial charge on any atom is -0.478 e. The molecule has 1 aromatic heterocycles. The van der Waals surface area contributed by atoms with Gasteiger partial charge in [-0.1, -0.05) is 30.4 Å². The van der Waals surface area contributed by atoms with Gasteiger partial charge in [-0.3, -0.25) is 0 Å². The number of pyridine rings is 1. The van der Waals surface area contributed by atoms with Crippen LogP contribution in [-0.4, -0.2) is 44.1 Å². The second-order valence-electron chi connectivity index (χ2n) is 9.72. The normalized spacial score (nSPS) is 15.9. The molecule has 0 amide bonds. The van der Waals surface area contributed by atoms with Crippen LogP contribution in [0.15, 0.2) is 77.8 Å². The van der Waals surface area contributed by atoms with Crippen LogP contribution in [0, 0.1) is 12.8 Å². The summed E-state index contributed by atoms with van der Waals surface area (Å²) in [5.41, 5.74) is 4.38. The van der Waals surface area contributed by atoms with Crippen molar-refractivity contribution < 1.29 is 18.3 Å². The Bertz CT molecular complexity index is 1410. The summed E-state index contributed by atoms with van der Waals surface area (Å²) in [7, 11) is -3.96. The molecule has 1 aliphatic carbocycles. The Kier molecular flexibility index (Phi) is 7.02. The number of aromatic nitrogens is 1. The summed E-state index contributed by atoms with van der Waals surface area (Å²) in [6, 6.07) is 15.7. The molecule has 1 aliphatic heterocycles. The Morgan fingerprint density at radius 3 is 2.38 bits per heavy atom. The lowest BCUT2D eigenvalue weighted by molar-refractivity contribution is 0.0696. The van der Waals surface area contributed by atoms with E-state index in [1.54, 1.807) is 6.20 Å². The van der Waals surface area contributed by atoms with Crippen molar-refractivity contribution in [1.29, 1.82) is 0 Å². The van der Waals surface area contributed by atoms with Crippen LogP contribution in [0.3, 0.4) is 0 Å². The minimum absolute atomic E-state index is 0.0497. The molecule has 0 saturated carbocycles. The fourth-order valence-electron chi connectivity index (χ4n) is 5.25. The predicted molar refractivity (Wildman–Crippen MR) is 145 cm³/mol. The molecule has 2 aromatic carbocycles. The number of carboxylic acid groups (broad SMARTS) is 1. The number of aromatic carboxylic acids is 1. The van der Waals surface area contributed by atoms with E-state index in [0.717, 1.165) is 55.5 Å². The number of rotatable bonds is 7. The molecule has 192 valence electrons. The van der Waals surface area contributed by atoms with Crippen molar-refractivity contribution in [2.24, 2.45) is 5.92 Å². The third-order valence-corrected chi connectivity index (χ3v) is 9.20. The first-order valence-electron chi connectivity index (χ1n) is 12.6. The van der Waals surface area contributed by atoms with Crippen LogP contribution in [-0.2, 0) is 22.9 Å². The molecule has 2 aliphatic rings. The van der Waals surface area contributed by atoms with Gasteiger partial charge in [-0.05, 0) is 91.6 Å². The number of anilines is 2. The van der Waals surface area contributed by atoms with Crippen LogP contribution >= 0.6 is 0 Å². The standard InChI is InChI=1S/C29H31N3O4S/c1-21-27-10-6-5-7-24(27)19-30-28(21)32(37(35,36)26-13-11-23(12-14-26)29(33)34)20-22-15-17-31(18-16-22)25-8-3-2-4-9-25/h2-6,8-9,11-14,19,22H,7,10,15-18,20H2,1H3,(H,33,34). The molecule has 0 radical (unpaired) electrons. The number of hydrogen-bond acceptors (Lipinski definition) is 5. The maximum absolute atomic E-state index is 14.0. The predicted octanol–water partition coefficient (Wildman–Crippen LogP) is 4.85. The molecule has 0 atom stereocenters. The van der Waals surface area contributed by atoms with E-state index in [1.165, 1.54) is 34.3 Å². The number of carbonyl (C=O) groups is 1. The molecule has 0 spiro atoms. The molecule has 1 N–H and O–H groups in total. The van der Waals surface area contributed by atoms with Gasteiger partial charge in [0, 0.05) is 31.5 Å². The fourth-order valence-corrected chi connectivity index (χ4v) is 6.81. The van der Waals surface area contributed by atoms with E-state index in [1.807, 2.05) is 25.1 Å². The SMILES string of the molecule is Cc1c(N(CC2CCN(c3ccccc3)CC2)S(=O)(=O)c2ccc(C(=O)O)cc2)ncc2c1CC=CC2. The zero-order valence-corrected chi connectivity index (χ0v) is 21.7. The first kappa shape index (κ1) is 25.0. The fraction of sp³-hybridized carbons (Fsp3) is 0.310. The van der Waals surface area contributed by atoms with E-state index >= 15 is 0 Å². The number of para-hydroxylation sites is 1. The lowest BCUT2D eigenvalue weighted by Crippen LogP contribution is -2.41. The average molecular weight is 518 g/mol. The quantitative estimate of drug-likeness (QED) is 0.451. The number of hydrogen-bond donors (Lipinski definition) is 1. The zero-order valence-electron chi connectivity index (χ0n) is 20.9. The molecule has 0 unspecified atom stereocenters. The van der Waals surface area contributed by atoms with Crippen molar-refractivity contribution in [3.63, 3.8) is 0 Å². The van der Waals surface area contributed by atoms with Crippen molar-refractivity contribution in [3.05, 3.63) is 95.2 Å². The highest BCUT2D eigenvalue weighted by Gasteiger charge is 2.32. The molecular weight excluding hydrogens is 486 g/mol. The molecule has 1 saturated heterocycles.